The van der Waals surface area contributed by atoms with Crippen molar-refractivity contribution in [1.29, 1.82) is 0 Å². The van der Waals surface area contributed by atoms with Crippen LogP contribution < -0.4 is 4.90 Å². The number of pyridine rings is 1. The van der Waals surface area contributed by atoms with Crippen LogP contribution in [0.5, 0.6) is 0 Å². The lowest BCUT2D eigenvalue weighted by Gasteiger charge is -2.42. The number of aromatic nitrogens is 1. The molecule has 0 saturated carbocycles. The molecule has 2 aromatic heterocycles. The van der Waals surface area contributed by atoms with Crippen molar-refractivity contribution in [2.24, 2.45) is 0 Å². The van der Waals surface area contributed by atoms with E-state index in [2.05, 4.69) is 9.72 Å². The Hall–Kier alpha value is -3.17. The van der Waals surface area contributed by atoms with Crippen LogP contribution in [-0.2, 0) is 31.6 Å². The molecular weight excluding hydrogens is 584 g/mol. The van der Waals surface area contributed by atoms with Gasteiger partial charge in [-0.3, -0.25) is 4.98 Å². The molecule has 1 aliphatic heterocycles. The van der Waals surface area contributed by atoms with Gasteiger partial charge in [-0.15, -0.1) is 11.3 Å². The quantitative estimate of drug-likeness (QED) is 0.273. The van der Waals surface area contributed by atoms with Crippen molar-refractivity contribution in [3.05, 3.63) is 77.4 Å². The Morgan fingerprint density at radius 3 is 2.23 bits per heavy atom. The van der Waals surface area contributed by atoms with E-state index in [9.17, 15) is 39.6 Å². The molecule has 4 rings (SSSR count). The summed E-state index contributed by atoms with van der Waals surface area (Å²) in [6.45, 7) is 0.720. The summed E-state index contributed by atoms with van der Waals surface area (Å²) in [5.41, 5.74) is -2.99. The third-order valence-corrected chi connectivity index (χ3v) is 9.81. The van der Waals surface area contributed by atoms with Gasteiger partial charge in [-0.05, 0) is 54.6 Å². The number of carbonyl (C=O) groups excluding carboxylic acids is 1. The second-order valence-electron chi connectivity index (χ2n) is 9.17. The fourth-order valence-electron chi connectivity index (χ4n) is 4.38. The normalized spacial score (nSPS) is 18.8. The predicted octanol–water partition coefficient (Wildman–Crippen LogP) is 5.15. The number of carbonyl (C=O) groups is 1. The highest BCUT2D eigenvalue weighted by molar-refractivity contribution is 7.91. The molecule has 1 aromatic carbocycles. The van der Waals surface area contributed by atoms with E-state index in [1.807, 2.05) is 4.90 Å². The van der Waals surface area contributed by atoms with Gasteiger partial charge in [-0.2, -0.15) is 30.6 Å². The molecule has 0 bridgehead atoms. The summed E-state index contributed by atoms with van der Waals surface area (Å²) in [4.78, 5) is 17.1. The number of thiophene rings is 1. The number of rotatable bonds is 7. The molecule has 1 fully saturated rings. The molecule has 0 aliphatic carbocycles. The highest BCUT2D eigenvalue weighted by atomic mass is 32.2. The van der Waals surface area contributed by atoms with Crippen molar-refractivity contribution < 1.29 is 44.3 Å². The summed E-state index contributed by atoms with van der Waals surface area (Å²) in [6.07, 6.45) is -7.42. The molecule has 1 aliphatic rings. The third-order valence-electron chi connectivity index (χ3n) is 6.57. The van der Waals surface area contributed by atoms with E-state index in [4.69, 9.17) is 0 Å². The standard InChI is InChI=1S/C25H23F6N3O4S2/c1-23(25(29,30)31,38-22(35)24(26,27)28)18-4-6-19(7-5-18)34-13-12-33(40(36,37)21-3-2-14-39-21)16-20(34)15-17-8-10-32-11-9-17/h2-11,14,20H,12-13,15-16H2,1H3/t20-,23+/m1/s1. The monoisotopic (exact) mass is 607 g/mol. The summed E-state index contributed by atoms with van der Waals surface area (Å²) in [6, 6.07) is 10.7. The van der Waals surface area contributed by atoms with E-state index in [0.29, 0.717) is 19.0 Å². The highest BCUT2D eigenvalue weighted by Crippen LogP contribution is 2.44. The molecule has 0 N–H and O–H groups in total. The highest BCUT2D eigenvalue weighted by Gasteiger charge is 2.59. The minimum absolute atomic E-state index is 0.0772. The molecule has 15 heteroatoms. The number of hydrogen-bond donors (Lipinski definition) is 0. The van der Waals surface area contributed by atoms with Crippen LogP contribution in [0.1, 0.15) is 18.1 Å². The van der Waals surface area contributed by atoms with E-state index in [1.165, 1.54) is 22.5 Å². The van der Waals surface area contributed by atoms with Gasteiger partial charge in [0.25, 0.3) is 10.0 Å². The van der Waals surface area contributed by atoms with Gasteiger partial charge in [0.05, 0.1) is 0 Å². The van der Waals surface area contributed by atoms with Crippen molar-refractivity contribution in [3.63, 3.8) is 0 Å². The fourth-order valence-corrected chi connectivity index (χ4v) is 7.00. The van der Waals surface area contributed by atoms with Gasteiger partial charge in [-0.25, -0.2) is 13.2 Å². The molecule has 1 saturated heterocycles. The summed E-state index contributed by atoms with van der Waals surface area (Å²) < 4.78 is 112. The van der Waals surface area contributed by atoms with Crippen LogP contribution in [0.4, 0.5) is 32.0 Å². The first-order chi connectivity index (χ1) is 18.6. The van der Waals surface area contributed by atoms with Crippen LogP contribution in [0.25, 0.3) is 0 Å². The number of ether oxygens (including phenoxy) is 1. The molecule has 0 spiro atoms. The number of benzene rings is 1. The molecule has 0 unspecified atom stereocenters. The van der Waals surface area contributed by atoms with E-state index < -0.39 is 45.6 Å². The smallest absolute Gasteiger partial charge is 0.438 e. The van der Waals surface area contributed by atoms with Crippen LogP contribution in [-0.4, -0.2) is 61.7 Å². The molecule has 3 heterocycles. The first kappa shape index (κ1) is 29.8. The Morgan fingerprint density at radius 1 is 1.02 bits per heavy atom. The molecule has 216 valence electrons. The number of alkyl halides is 6. The van der Waals surface area contributed by atoms with Gasteiger partial charge < -0.3 is 9.64 Å². The van der Waals surface area contributed by atoms with Crippen LogP contribution in [0.15, 0.2) is 70.5 Å². The van der Waals surface area contributed by atoms with E-state index >= 15 is 0 Å². The van der Waals surface area contributed by atoms with Gasteiger partial charge in [0.15, 0.2) is 0 Å². The zero-order chi connectivity index (χ0) is 29.3. The van der Waals surface area contributed by atoms with Crippen molar-refractivity contribution in [3.8, 4) is 0 Å². The largest absolute Gasteiger partial charge is 0.490 e. The zero-order valence-corrected chi connectivity index (χ0v) is 22.4. The van der Waals surface area contributed by atoms with E-state index in [0.717, 1.165) is 29.0 Å². The molecular formula is C25H23F6N3O4S2. The Labute approximate surface area is 230 Å². The summed E-state index contributed by atoms with van der Waals surface area (Å²) in [5.74, 6) is -2.96. The molecule has 0 radical (unpaired) electrons. The second kappa shape index (κ2) is 11.0. The van der Waals surface area contributed by atoms with Gasteiger partial charge in [0.1, 0.15) is 4.21 Å². The van der Waals surface area contributed by atoms with Crippen molar-refractivity contribution in [2.45, 2.75) is 41.5 Å². The first-order valence-corrected chi connectivity index (χ1v) is 14.1. The minimum Gasteiger partial charge on any atom is -0.438 e. The first-order valence-electron chi connectivity index (χ1n) is 11.8. The number of piperazine rings is 1. The number of esters is 1. The SMILES string of the molecule is C[C@](OC(=O)C(F)(F)F)(c1ccc(N2CCN(S(=O)(=O)c3cccs3)C[C@H]2Cc2ccncc2)cc1)C(F)(F)F. The van der Waals surface area contributed by atoms with Gasteiger partial charge >= 0.3 is 18.3 Å². The van der Waals surface area contributed by atoms with Gasteiger partial charge in [0.2, 0.25) is 5.60 Å². The van der Waals surface area contributed by atoms with Crippen LogP contribution >= 0.6 is 11.3 Å². The lowest BCUT2D eigenvalue weighted by Crippen LogP contribution is -2.55. The maximum atomic E-state index is 13.8. The summed E-state index contributed by atoms with van der Waals surface area (Å²) in [5, 5.41) is 1.65. The number of hydrogen-bond acceptors (Lipinski definition) is 7. The maximum absolute atomic E-state index is 13.8. The Kier molecular flexibility index (Phi) is 8.20. The van der Waals surface area contributed by atoms with Crippen molar-refractivity contribution >= 4 is 33.0 Å². The Balaban J connectivity index is 1.64. The maximum Gasteiger partial charge on any atom is 0.490 e. The molecule has 0 amide bonds. The number of nitrogens with zero attached hydrogens (tertiary/aromatic N) is 3. The lowest BCUT2D eigenvalue weighted by molar-refractivity contribution is -0.285. The van der Waals surface area contributed by atoms with Crippen molar-refractivity contribution in [2.75, 3.05) is 24.5 Å². The Bertz CT molecular complexity index is 1420. The van der Waals surface area contributed by atoms with Crippen LogP contribution in [0.3, 0.4) is 0 Å². The second-order valence-corrected chi connectivity index (χ2v) is 12.3. The molecule has 7 nitrogen and oxygen atoms in total. The minimum atomic E-state index is -5.62. The van der Waals surface area contributed by atoms with E-state index in [1.54, 1.807) is 36.0 Å². The third kappa shape index (κ3) is 6.10. The fraction of sp³-hybridized carbons (Fsp3) is 0.360. The van der Waals surface area contributed by atoms with E-state index in [-0.39, 0.29) is 23.8 Å². The lowest BCUT2D eigenvalue weighted by atomic mass is 9.94. The van der Waals surface area contributed by atoms with Gasteiger partial charge in [0, 0.05) is 49.3 Å². The topological polar surface area (TPSA) is 79.8 Å². The molecule has 40 heavy (non-hydrogen) atoms. The average Bonchev–Trinajstić information content (AvgIpc) is 3.44. The summed E-state index contributed by atoms with van der Waals surface area (Å²) in [7, 11) is -3.77. The number of anilines is 1. The van der Waals surface area contributed by atoms with Crippen LogP contribution in [0.2, 0.25) is 0 Å². The zero-order valence-electron chi connectivity index (χ0n) is 20.8. The Morgan fingerprint density at radius 2 is 1.68 bits per heavy atom. The molecule has 2 atom stereocenters. The summed E-state index contributed by atoms with van der Waals surface area (Å²) >= 11 is 1.09. The number of halogens is 6. The van der Waals surface area contributed by atoms with Crippen molar-refractivity contribution in [1.82, 2.24) is 9.29 Å². The van der Waals surface area contributed by atoms with Gasteiger partial charge in [-0.1, -0.05) is 18.2 Å². The van der Waals surface area contributed by atoms with Crippen LogP contribution in [0, 0.1) is 0 Å². The predicted molar refractivity (Wildman–Crippen MR) is 134 cm³/mol. The number of sulfonamides is 1. The molecule has 3 aromatic rings. The average molecular weight is 608 g/mol.